The molecule has 2 heteroatoms. The third-order valence-corrected chi connectivity index (χ3v) is 4.08. The summed E-state index contributed by atoms with van der Waals surface area (Å²) in [5, 5.41) is 0. The van der Waals surface area contributed by atoms with Crippen molar-refractivity contribution in [3.05, 3.63) is 102 Å². The first kappa shape index (κ1) is 17.8. The highest BCUT2D eigenvalue weighted by atomic mass is 16.5. The van der Waals surface area contributed by atoms with E-state index in [9.17, 15) is 0 Å². The average molecular weight is 319 g/mol. The summed E-state index contributed by atoms with van der Waals surface area (Å²) in [5.41, 5.74) is 3.92. The molecule has 3 N–H and O–H groups in total. The van der Waals surface area contributed by atoms with Gasteiger partial charge in [0.15, 0.2) is 0 Å². The molecular weight excluding hydrogens is 294 g/mol. The Labute approximate surface area is 144 Å². The predicted octanol–water partition coefficient (Wildman–Crippen LogP) is 5.77. The predicted molar refractivity (Wildman–Crippen MR) is 101 cm³/mol. The Morgan fingerprint density at radius 2 is 1.25 bits per heavy atom. The van der Waals surface area contributed by atoms with E-state index in [1.54, 1.807) is 0 Å². The Hall–Kier alpha value is -2.58. The molecule has 0 bridgehead atoms. The molecule has 3 aromatic carbocycles. The quantitative estimate of drug-likeness (QED) is 0.626. The highest BCUT2D eigenvalue weighted by Crippen LogP contribution is 2.23. The molecule has 0 spiro atoms. The minimum absolute atomic E-state index is 0. The molecule has 3 aromatic rings. The van der Waals surface area contributed by atoms with Gasteiger partial charge in [-0.25, -0.2) is 0 Å². The van der Waals surface area contributed by atoms with Gasteiger partial charge in [-0.15, -0.1) is 0 Å². The van der Waals surface area contributed by atoms with Crippen LogP contribution in [0.4, 0.5) is 0 Å². The van der Waals surface area contributed by atoms with E-state index in [2.05, 4.69) is 73.7 Å². The van der Waals surface area contributed by atoms with Crippen molar-refractivity contribution >= 4 is 0 Å². The second-order valence-corrected chi connectivity index (χ2v) is 5.93. The van der Waals surface area contributed by atoms with E-state index in [1.165, 1.54) is 16.7 Å². The first-order valence-electron chi connectivity index (χ1n) is 8.12. The smallest absolute Gasteiger partial charge is 0.119 e. The maximum atomic E-state index is 5.85. The maximum absolute atomic E-state index is 5.85. The van der Waals surface area contributed by atoms with Gasteiger partial charge in [0.2, 0.25) is 0 Å². The van der Waals surface area contributed by atoms with Crippen molar-refractivity contribution in [2.45, 2.75) is 25.9 Å². The van der Waals surface area contributed by atoms with Crippen LogP contribution >= 0.6 is 0 Å². The van der Waals surface area contributed by atoms with Gasteiger partial charge in [0.25, 0.3) is 0 Å². The number of benzene rings is 3. The van der Waals surface area contributed by atoms with E-state index in [-0.39, 0.29) is 6.15 Å². The van der Waals surface area contributed by atoms with E-state index < -0.39 is 0 Å². The molecule has 0 radical (unpaired) electrons. The molecule has 0 aromatic heterocycles. The van der Waals surface area contributed by atoms with Gasteiger partial charge < -0.3 is 10.9 Å². The number of hydrogen-bond donors (Lipinski definition) is 1. The van der Waals surface area contributed by atoms with Gasteiger partial charge in [-0.1, -0.05) is 79.7 Å². The molecule has 124 valence electrons. The van der Waals surface area contributed by atoms with Crippen LogP contribution in [-0.2, 0) is 13.0 Å². The van der Waals surface area contributed by atoms with Crippen molar-refractivity contribution in [2.24, 2.45) is 0 Å². The number of rotatable bonds is 6. The second kappa shape index (κ2) is 8.90. The van der Waals surface area contributed by atoms with Gasteiger partial charge in [0.1, 0.15) is 12.4 Å². The van der Waals surface area contributed by atoms with E-state index in [0.717, 1.165) is 12.2 Å². The fraction of sp³-hybridized carbons (Fsp3) is 0.182. The Morgan fingerprint density at radius 1 is 0.708 bits per heavy atom. The average Bonchev–Trinajstić information content (AvgIpc) is 2.62. The molecule has 0 amide bonds. The lowest BCUT2D eigenvalue weighted by Gasteiger charge is -2.13. The Kier molecular flexibility index (Phi) is 6.59. The van der Waals surface area contributed by atoms with Crippen molar-refractivity contribution in [3.63, 3.8) is 0 Å². The van der Waals surface area contributed by atoms with Gasteiger partial charge in [0, 0.05) is 0 Å². The molecule has 1 atom stereocenters. The third kappa shape index (κ3) is 4.97. The van der Waals surface area contributed by atoms with Gasteiger partial charge in [0.05, 0.1) is 0 Å². The summed E-state index contributed by atoms with van der Waals surface area (Å²) in [5.74, 6) is 1.42. The van der Waals surface area contributed by atoms with Crippen LogP contribution in [0.15, 0.2) is 84.9 Å². The topological polar surface area (TPSA) is 44.2 Å². The van der Waals surface area contributed by atoms with Crippen LogP contribution in [0.25, 0.3) is 0 Å². The molecule has 0 aliphatic rings. The zero-order valence-electron chi connectivity index (χ0n) is 14.2. The monoisotopic (exact) mass is 319 g/mol. The molecule has 0 aliphatic carbocycles. The lowest BCUT2D eigenvalue weighted by molar-refractivity contribution is 0.306. The molecule has 0 heterocycles. The summed E-state index contributed by atoms with van der Waals surface area (Å²) in [6.07, 6.45) is 1.06. The molecular formula is C22H25NO. The van der Waals surface area contributed by atoms with Crippen molar-refractivity contribution in [2.75, 3.05) is 0 Å². The Morgan fingerprint density at radius 3 is 1.83 bits per heavy atom. The summed E-state index contributed by atoms with van der Waals surface area (Å²) >= 11 is 0. The second-order valence-electron chi connectivity index (χ2n) is 5.93. The Bertz CT molecular complexity index is 708. The van der Waals surface area contributed by atoms with E-state index in [4.69, 9.17) is 4.74 Å². The van der Waals surface area contributed by atoms with E-state index >= 15 is 0 Å². The van der Waals surface area contributed by atoms with Gasteiger partial charge in [-0.2, -0.15) is 0 Å². The van der Waals surface area contributed by atoms with Gasteiger partial charge >= 0.3 is 0 Å². The van der Waals surface area contributed by atoms with E-state index in [0.29, 0.717) is 12.5 Å². The number of ether oxygens (including phenoxy) is 1. The highest BCUT2D eigenvalue weighted by Gasteiger charge is 2.07. The molecule has 0 fully saturated rings. The minimum Gasteiger partial charge on any atom is -0.489 e. The van der Waals surface area contributed by atoms with Crippen LogP contribution in [0.2, 0.25) is 0 Å². The van der Waals surface area contributed by atoms with Crippen LogP contribution in [0.3, 0.4) is 0 Å². The molecule has 24 heavy (non-hydrogen) atoms. The highest BCUT2D eigenvalue weighted by molar-refractivity contribution is 5.31. The first-order chi connectivity index (χ1) is 11.3. The summed E-state index contributed by atoms with van der Waals surface area (Å²) in [4.78, 5) is 0. The van der Waals surface area contributed by atoms with Gasteiger partial charge in [-0.3, -0.25) is 0 Å². The first-order valence-corrected chi connectivity index (χ1v) is 8.12. The SMILES string of the molecule is CC(Cc1ccccc1)c1ccc(OCc2ccccc2)cc1.N. The standard InChI is InChI=1S/C22H22O.H3N/c1-18(16-19-8-4-2-5-9-19)21-12-14-22(15-13-21)23-17-20-10-6-3-7-11-20;/h2-15,18H,16-17H2,1H3;1H3. The maximum Gasteiger partial charge on any atom is 0.119 e. The zero-order valence-corrected chi connectivity index (χ0v) is 14.2. The van der Waals surface area contributed by atoms with Gasteiger partial charge in [-0.05, 0) is 41.2 Å². The Balaban J connectivity index is 0.00000208. The normalized spacial score (nSPS) is 11.4. The minimum atomic E-state index is 0. The lowest BCUT2D eigenvalue weighted by Crippen LogP contribution is -1.99. The third-order valence-electron chi connectivity index (χ3n) is 4.08. The van der Waals surface area contributed by atoms with Crippen molar-refractivity contribution in [3.8, 4) is 5.75 Å². The van der Waals surface area contributed by atoms with Crippen LogP contribution in [0.1, 0.15) is 29.5 Å². The lowest BCUT2D eigenvalue weighted by atomic mass is 9.94. The number of hydrogen-bond acceptors (Lipinski definition) is 2. The fourth-order valence-corrected chi connectivity index (χ4v) is 2.72. The molecule has 0 saturated heterocycles. The van der Waals surface area contributed by atoms with E-state index in [1.807, 2.05) is 18.2 Å². The van der Waals surface area contributed by atoms with Crippen LogP contribution < -0.4 is 10.9 Å². The van der Waals surface area contributed by atoms with Crippen LogP contribution in [-0.4, -0.2) is 0 Å². The fourth-order valence-electron chi connectivity index (χ4n) is 2.72. The largest absolute Gasteiger partial charge is 0.489 e. The molecule has 2 nitrogen and oxygen atoms in total. The molecule has 0 aliphatic heterocycles. The summed E-state index contributed by atoms with van der Waals surface area (Å²) < 4.78 is 5.85. The molecule has 1 unspecified atom stereocenters. The van der Waals surface area contributed by atoms with Crippen molar-refractivity contribution in [1.29, 1.82) is 0 Å². The molecule has 0 saturated carbocycles. The van der Waals surface area contributed by atoms with Crippen molar-refractivity contribution < 1.29 is 4.74 Å². The molecule has 3 rings (SSSR count). The van der Waals surface area contributed by atoms with Crippen LogP contribution in [0, 0.1) is 0 Å². The van der Waals surface area contributed by atoms with Crippen LogP contribution in [0.5, 0.6) is 5.75 Å². The van der Waals surface area contributed by atoms with Crippen molar-refractivity contribution in [1.82, 2.24) is 6.15 Å². The zero-order chi connectivity index (χ0) is 15.9. The summed E-state index contributed by atoms with van der Waals surface area (Å²) in [6, 6.07) is 29.4. The summed E-state index contributed by atoms with van der Waals surface area (Å²) in [6.45, 7) is 2.88. The summed E-state index contributed by atoms with van der Waals surface area (Å²) in [7, 11) is 0.